The maximum atomic E-state index is 3.89. The average molecular weight is 224 g/mol. The Morgan fingerprint density at radius 2 is 1.80 bits per heavy atom. The van der Waals surface area contributed by atoms with Crippen LogP contribution in [0.3, 0.4) is 0 Å². The molecule has 0 saturated heterocycles. The summed E-state index contributed by atoms with van der Waals surface area (Å²) < 4.78 is 0. The summed E-state index contributed by atoms with van der Waals surface area (Å²) in [6, 6.07) is 0. The van der Waals surface area contributed by atoms with Crippen LogP contribution < -0.4 is 0 Å². The first-order valence-corrected chi connectivity index (χ1v) is 9.07. The van der Waals surface area contributed by atoms with Gasteiger partial charge >= 0.3 is 0 Å². The molecule has 1 heteroatoms. The molecular formula is C14H28Si. The van der Waals surface area contributed by atoms with Gasteiger partial charge in [0.2, 0.25) is 0 Å². The number of hydrogen-bond donors (Lipinski definition) is 0. The van der Waals surface area contributed by atoms with Crippen molar-refractivity contribution in [3.05, 3.63) is 23.9 Å². The zero-order valence-corrected chi connectivity index (χ0v) is 12.5. The van der Waals surface area contributed by atoms with E-state index in [0.29, 0.717) is 5.04 Å². The van der Waals surface area contributed by atoms with Crippen molar-refractivity contribution in [2.24, 2.45) is 0 Å². The lowest BCUT2D eigenvalue weighted by Crippen LogP contribution is -2.39. The van der Waals surface area contributed by atoms with Crippen LogP contribution in [-0.4, -0.2) is 8.07 Å². The fourth-order valence-corrected chi connectivity index (χ4v) is 3.82. The van der Waals surface area contributed by atoms with E-state index >= 15 is 0 Å². The van der Waals surface area contributed by atoms with Gasteiger partial charge in [0.25, 0.3) is 0 Å². The van der Waals surface area contributed by atoms with Gasteiger partial charge in [-0.2, -0.15) is 0 Å². The summed E-state index contributed by atoms with van der Waals surface area (Å²) in [6.45, 7) is 18.2. The Labute approximate surface area is 97.5 Å². The molecule has 0 aliphatic carbocycles. The Hall–Kier alpha value is -0.303. The summed E-state index contributed by atoms with van der Waals surface area (Å²) in [6.07, 6.45) is 8.07. The molecule has 0 N–H and O–H groups in total. The van der Waals surface area contributed by atoms with Gasteiger partial charge in [0, 0.05) is 0 Å². The van der Waals surface area contributed by atoms with Gasteiger partial charge in [-0.15, -0.1) is 6.58 Å². The second-order valence-electron chi connectivity index (χ2n) is 5.89. The molecule has 0 heterocycles. The van der Waals surface area contributed by atoms with Gasteiger partial charge < -0.3 is 0 Å². The Kier molecular flexibility index (Phi) is 5.58. The van der Waals surface area contributed by atoms with Gasteiger partial charge in [-0.1, -0.05) is 64.6 Å². The van der Waals surface area contributed by atoms with Gasteiger partial charge in [-0.05, 0) is 17.9 Å². The lowest BCUT2D eigenvalue weighted by molar-refractivity contribution is 0.722. The molecule has 0 nitrogen and oxygen atoms in total. The van der Waals surface area contributed by atoms with Gasteiger partial charge in [-0.25, -0.2) is 0 Å². The van der Waals surface area contributed by atoms with E-state index in [9.17, 15) is 0 Å². The van der Waals surface area contributed by atoms with Crippen molar-refractivity contribution in [2.75, 3.05) is 0 Å². The quantitative estimate of drug-likeness (QED) is 0.437. The molecular weight excluding hydrogens is 196 g/mol. The molecule has 0 aromatic rings. The van der Waals surface area contributed by atoms with Crippen molar-refractivity contribution >= 4 is 8.07 Å². The molecule has 0 rings (SSSR count). The van der Waals surface area contributed by atoms with Gasteiger partial charge in [-0.3, -0.25) is 0 Å². The third kappa shape index (κ3) is 3.98. The van der Waals surface area contributed by atoms with Crippen LogP contribution in [0.15, 0.2) is 23.9 Å². The fourth-order valence-electron chi connectivity index (χ4n) is 1.55. The van der Waals surface area contributed by atoms with E-state index in [1.54, 1.807) is 5.20 Å². The number of rotatable bonds is 5. The molecule has 0 spiro atoms. The van der Waals surface area contributed by atoms with Crippen LogP contribution in [0.25, 0.3) is 0 Å². The molecule has 0 amide bonds. The molecule has 0 atom stereocenters. The minimum absolute atomic E-state index is 0.440. The van der Waals surface area contributed by atoms with Crippen LogP contribution >= 0.6 is 0 Å². The van der Waals surface area contributed by atoms with Crippen LogP contribution in [0.4, 0.5) is 0 Å². The monoisotopic (exact) mass is 224 g/mol. The Bertz CT molecular complexity index is 228. The summed E-state index contributed by atoms with van der Waals surface area (Å²) in [4.78, 5) is 0. The highest BCUT2D eigenvalue weighted by Crippen LogP contribution is 2.41. The van der Waals surface area contributed by atoms with Crippen LogP contribution in [0.2, 0.25) is 18.1 Å². The van der Waals surface area contributed by atoms with Crippen LogP contribution in [0.1, 0.15) is 47.0 Å². The molecule has 0 bridgehead atoms. The van der Waals surface area contributed by atoms with Crippen molar-refractivity contribution in [3.63, 3.8) is 0 Å². The van der Waals surface area contributed by atoms with Crippen molar-refractivity contribution in [1.29, 1.82) is 0 Å². The average Bonchev–Trinajstić information content (AvgIpc) is 2.10. The lowest BCUT2D eigenvalue weighted by atomic mass is 10.2. The molecule has 0 saturated carbocycles. The number of unbranched alkanes of at least 4 members (excludes halogenated alkanes) is 1. The van der Waals surface area contributed by atoms with Crippen molar-refractivity contribution in [1.82, 2.24) is 0 Å². The zero-order valence-electron chi connectivity index (χ0n) is 11.5. The van der Waals surface area contributed by atoms with Gasteiger partial charge in [0.1, 0.15) is 0 Å². The highest BCUT2D eigenvalue weighted by molar-refractivity contribution is 6.86. The standard InChI is InChI=1S/C14H28Si/c1-8-10-12-13(11-9-2)15(6,7)14(3,4)5/h9,12H,2,8,10-11H2,1,3-7H3/b13-12+. The van der Waals surface area contributed by atoms with Crippen LogP contribution in [-0.2, 0) is 0 Å². The first-order valence-electron chi connectivity index (χ1n) is 6.07. The summed E-state index contributed by atoms with van der Waals surface area (Å²) in [7, 11) is -1.30. The third-order valence-corrected chi connectivity index (χ3v) is 9.49. The number of allylic oxidation sites excluding steroid dienone is 3. The van der Waals surface area contributed by atoms with Crippen molar-refractivity contribution in [3.8, 4) is 0 Å². The zero-order chi connectivity index (χ0) is 12.1. The molecule has 88 valence electrons. The van der Waals surface area contributed by atoms with E-state index < -0.39 is 8.07 Å². The van der Waals surface area contributed by atoms with E-state index in [2.05, 4.69) is 59.5 Å². The maximum absolute atomic E-state index is 3.89. The van der Waals surface area contributed by atoms with E-state index in [0.717, 1.165) is 6.42 Å². The molecule has 0 aliphatic heterocycles. The second kappa shape index (κ2) is 5.69. The summed E-state index contributed by atoms with van der Waals surface area (Å²) in [5.74, 6) is 0. The SMILES string of the molecule is C=CC/C(=C\CCC)[Si](C)(C)C(C)(C)C. The molecule has 0 aromatic heterocycles. The highest BCUT2D eigenvalue weighted by atomic mass is 28.3. The fraction of sp³-hybridized carbons (Fsp3) is 0.714. The highest BCUT2D eigenvalue weighted by Gasteiger charge is 2.37. The van der Waals surface area contributed by atoms with Crippen molar-refractivity contribution < 1.29 is 0 Å². The van der Waals surface area contributed by atoms with Gasteiger partial charge in [0.05, 0.1) is 8.07 Å². The Morgan fingerprint density at radius 1 is 1.27 bits per heavy atom. The Morgan fingerprint density at radius 3 is 2.13 bits per heavy atom. The molecule has 15 heavy (non-hydrogen) atoms. The van der Waals surface area contributed by atoms with E-state index in [4.69, 9.17) is 0 Å². The minimum atomic E-state index is -1.30. The first-order chi connectivity index (χ1) is 6.77. The smallest absolute Gasteiger partial charge is 0.0807 e. The topological polar surface area (TPSA) is 0 Å². The largest absolute Gasteiger partial charge is 0.103 e. The Balaban J connectivity index is 4.97. The van der Waals surface area contributed by atoms with E-state index in [1.807, 2.05) is 0 Å². The second-order valence-corrected chi connectivity index (χ2v) is 11.3. The summed E-state index contributed by atoms with van der Waals surface area (Å²) >= 11 is 0. The maximum Gasteiger partial charge on any atom is 0.0807 e. The van der Waals surface area contributed by atoms with Crippen LogP contribution in [0, 0.1) is 0 Å². The normalized spacial score (nSPS) is 14.1. The molecule has 0 aliphatic rings. The van der Waals surface area contributed by atoms with Gasteiger partial charge in [0.15, 0.2) is 0 Å². The third-order valence-electron chi connectivity index (χ3n) is 3.72. The van der Waals surface area contributed by atoms with Crippen molar-refractivity contribution in [2.45, 2.75) is 65.1 Å². The lowest BCUT2D eigenvalue weighted by Gasteiger charge is -2.39. The molecule has 0 radical (unpaired) electrons. The first kappa shape index (κ1) is 14.7. The van der Waals surface area contributed by atoms with E-state index in [1.165, 1.54) is 12.8 Å². The van der Waals surface area contributed by atoms with Crippen LogP contribution in [0.5, 0.6) is 0 Å². The predicted octanol–water partition coefficient (Wildman–Crippen LogP) is 5.34. The van der Waals surface area contributed by atoms with E-state index in [-0.39, 0.29) is 0 Å². The molecule has 0 aromatic carbocycles. The molecule has 0 unspecified atom stereocenters. The number of hydrogen-bond acceptors (Lipinski definition) is 0. The summed E-state index contributed by atoms with van der Waals surface area (Å²) in [5, 5.41) is 2.11. The minimum Gasteiger partial charge on any atom is -0.103 e. The predicted molar refractivity (Wildman–Crippen MR) is 75.0 cm³/mol. The summed E-state index contributed by atoms with van der Waals surface area (Å²) in [5.41, 5.74) is 0. The molecule has 0 fully saturated rings.